The standard InChI is InChI=1S/C16H31NO3S/c1-16(2,3)17-11-13(6-7-15-5-4-9-20-15)14-8-10-21(18,19)12-14/h13-15,17H,4-12H2,1-3H3. The van der Waals surface area contributed by atoms with Crippen molar-refractivity contribution in [2.75, 3.05) is 24.7 Å². The van der Waals surface area contributed by atoms with Crippen LogP contribution in [-0.4, -0.2) is 44.7 Å². The lowest BCUT2D eigenvalue weighted by molar-refractivity contribution is 0.0945. The lowest BCUT2D eigenvalue weighted by atomic mass is 9.86. The second kappa shape index (κ2) is 6.97. The van der Waals surface area contributed by atoms with E-state index in [0.29, 0.717) is 29.4 Å². The summed E-state index contributed by atoms with van der Waals surface area (Å²) in [7, 11) is -2.79. The van der Waals surface area contributed by atoms with Crippen molar-refractivity contribution >= 4 is 9.84 Å². The normalized spacial score (nSPS) is 30.6. The van der Waals surface area contributed by atoms with E-state index in [2.05, 4.69) is 26.1 Å². The van der Waals surface area contributed by atoms with E-state index in [-0.39, 0.29) is 5.54 Å². The van der Waals surface area contributed by atoms with Gasteiger partial charge in [-0.3, -0.25) is 0 Å². The zero-order chi connectivity index (χ0) is 15.5. The molecule has 2 rings (SSSR count). The first kappa shape index (κ1) is 17.2. The Morgan fingerprint density at radius 2 is 2.05 bits per heavy atom. The second-order valence-electron chi connectivity index (χ2n) is 7.77. The maximum atomic E-state index is 11.8. The van der Waals surface area contributed by atoms with Crippen molar-refractivity contribution in [3.63, 3.8) is 0 Å². The molecular weight excluding hydrogens is 286 g/mol. The molecule has 1 N–H and O–H groups in total. The molecule has 2 heterocycles. The van der Waals surface area contributed by atoms with Crippen LogP contribution in [0.5, 0.6) is 0 Å². The predicted octanol–water partition coefficient (Wildman–Crippen LogP) is 2.38. The van der Waals surface area contributed by atoms with Crippen molar-refractivity contribution in [3.05, 3.63) is 0 Å². The number of nitrogens with one attached hydrogen (secondary N) is 1. The maximum Gasteiger partial charge on any atom is 0.150 e. The van der Waals surface area contributed by atoms with Crippen molar-refractivity contribution in [2.45, 2.75) is 64.5 Å². The molecule has 0 spiro atoms. The quantitative estimate of drug-likeness (QED) is 0.817. The second-order valence-corrected chi connectivity index (χ2v) is 10.00. The summed E-state index contributed by atoms with van der Waals surface area (Å²) < 4.78 is 29.2. The Morgan fingerprint density at radius 1 is 1.29 bits per heavy atom. The first-order valence-electron chi connectivity index (χ1n) is 8.32. The highest BCUT2D eigenvalue weighted by Crippen LogP contribution is 2.31. The fourth-order valence-corrected chi connectivity index (χ4v) is 5.33. The molecule has 0 aromatic rings. The third-order valence-electron chi connectivity index (χ3n) is 4.71. The van der Waals surface area contributed by atoms with E-state index >= 15 is 0 Å². The number of rotatable bonds is 6. The Balaban J connectivity index is 1.89. The van der Waals surface area contributed by atoms with Gasteiger partial charge in [-0.25, -0.2) is 8.42 Å². The average molecular weight is 317 g/mol. The highest BCUT2D eigenvalue weighted by Gasteiger charge is 2.34. The van der Waals surface area contributed by atoms with Crippen molar-refractivity contribution in [1.82, 2.24) is 5.32 Å². The molecule has 0 amide bonds. The molecule has 2 aliphatic heterocycles. The van der Waals surface area contributed by atoms with Crippen molar-refractivity contribution < 1.29 is 13.2 Å². The van der Waals surface area contributed by atoms with Gasteiger partial charge in [0.1, 0.15) is 0 Å². The molecule has 3 unspecified atom stereocenters. The number of ether oxygens (including phenoxy) is 1. The minimum absolute atomic E-state index is 0.0829. The summed E-state index contributed by atoms with van der Waals surface area (Å²) in [5, 5.41) is 3.57. The van der Waals surface area contributed by atoms with Gasteiger partial charge < -0.3 is 10.1 Å². The summed E-state index contributed by atoms with van der Waals surface area (Å²) in [6.45, 7) is 8.30. The maximum absolute atomic E-state index is 11.8. The van der Waals surface area contributed by atoms with E-state index in [9.17, 15) is 8.42 Å². The molecule has 21 heavy (non-hydrogen) atoms. The predicted molar refractivity (Wildman–Crippen MR) is 86.2 cm³/mol. The number of hydrogen-bond donors (Lipinski definition) is 1. The largest absolute Gasteiger partial charge is 0.378 e. The van der Waals surface area contributed by atoms with Crippen LogP contribution in [0.25, 0.3) is 0 Å². The minimum atomic E-state index is -2.79. The van der Waals surface area contributed by atoms with Crippen LogP contribution in [0.1, 0.15) is 52.9 Å². The molecule has 5 heteroatoms. The van der Waals surface area contributed by atoms with Crippen LogP contribution in [0.3, 0.4) is 0 Å². The fraction of sp³-hybridized carbons (Fsp3) is 1.00. The van der Waals surface area contributed by atoms with Gasteiger partial charge in [-0.1, -0.05) is 0 Å². The molecule has 2 aliphatic rings. The van der Waals surface area contributed by atoms with Gasteiger partial charge in [0.25, 0.3) is 0 Å². The Morgan fingerprint density at radius 3 is 2.57 bits per heavy atom. The zero-order valence-electron chi connectivity index (χ0n) is 13.7. The Kier molecular flexibility index (Phi) is 5.71. The van der Waals surface area contributed by atoms with Crippen LogP contribution in [0.15, 0.2) is 0 Å². The average Bonchev–Trinajstić information content (AvgIpc) is 2.97. The Labute approximate surface area is 129 Å². The minimum Gasteiger partial charge on any atom is -0.378 e. The van der Waals surface area contributed by atoms with Crippen molar-refractivity contribution in [3.8, 4) is 0 Å². The third-order valence-corrected chi connectivity index (χ3v) is 6.51. The number of hydrogen-bond acceptors (Lipinski definition) is 4. The monoisotopic (exact) mass is 317 g/mol. The van der Waals surface area contributed by atoms with Crippen LogP contribution in [0, 0.1) is 11.8 Å². The molecule has 0 bridgehead atoms. The lowest BCUT2D eigenvalue weighted by Gasteiger charge is -2.29. The molecule has 0 aromatic heterocycles. The highest BCUT2D eigenvalue weighted by atomic mass is 32.2. The molecule has 124 valence electrons. The number of sulfone groups is 1. The topological polar surface area (TPSA) is 55.4 Å². The smallest absolute Gasteiger partial charge is 0.150 e. The van der Waals surface area contributed by atoms with Crippen LogP contribution < -0.4 is 5.32 Å². The molecule has 0 radical (unpaired) electrons. The van der Waals surface area contributed by atoms with Crippen LogP contribution >= 0.6 is 0 Å². The first-order valence-corrected chi connectivity index (χ1v) is 10.1. The molecular formula is C16H31NO3S. The molecule has 0 saturated carbocycles. The summed E-state index contributed by atoms with van der Waals surface area (Å²) in [5.41, 5.74) is 0.0829. The summed E-state index contributed by atoms with van der Waals surface area (Å²) in [6, 6.07) is 0. The van der Waals surface area contributed by atoms with E-state index in [4.69, 9.17) is 4.74 Å². The molecule has 3 atom stereocenters. The van der Waals surface area contributed by atoms with Gasteiger partial charge in [0.2, 0.25) is 0 Å². The van der Waals surface area contributed by atoms with E-state index in [1.54, 1.807) is 0 Å². The van der Waals surface area contributed by atoms with Crippen LogP contribution in [0.4, 0.5) is 0 Å². The summed E-state index contributed by atoms with van der Waals surface area (Å²) in [4.78, 5) is 0. The SMILES string of the molecule is CC(C)(C)NCC(CCC1CCCO1)C1CCS(=O)(=O)C1. The summed E-state index contributed by atoms with van der Waals surface area (Å²) in [6.07, 6.45) is 5.74. The lowest BCUT2D eigenvalue weighted by Crippen LogP contribution is -2.41. The molecule has 2 saturated heterocycles. The van der Waals surface area contributed by atoms with E-state index in [1.807, 2.05) is 0 Å². The van der Waals surface area contributed by atoms with Gasteiger partial charge in [0.15, 0.2) is 9.84 Å². The highest BCUT2D eigenvalue weighted by molar-refractivity contribution is 7.91. The van der Waals surface area contributed by atoms with Crippen molar-refractivity contribution in [1.29, 1.82) is 0 Å². The zero-order valence-corrected chi connectivity index (χ0v) is 14.5. The molecule has 4 nitrogen and oxygen atoms in total. The third kappa shape index (κ3) is 5.87. The van der Waals surface area contributed by atoms with Gasteiger partial charge in [-0.05, 0) is 71.3 Å². The van der Waals surface area contributed by atoms with Gasteiger partial charge >= 0.3 is 0 Å². The fourth-order valence-electron chi connectivity index (χ4n) is 3.41. The Bertz CT molecular complexity index is 421. The molecule has 0 aromatic carbocycles. The van der Waals surface area contributed by atoms with Crippen molar-refractivity contribution in [2.24, 2.45) is 11.8 Å². The Hall–Kier alpha value is -0.130. The summed E-state index contributed by atoms with van der Waals surface area (Å²) in [5.74, 6) is 1.54. The van der Waals surface area contributed by atoms with E-state index in [0.717, 1.165) is 32.4 Å². The van der Waals surface area contributed by atoms with E-state index < -0.39 is 9.84 Å². The van der Waals surface area contributed by atoms with Gasteiger partial charge in [-0.2, -0.15) is 0 Å². The van der Waals surface area contributed by atoms with E-state index in [1.165, 1.54) is 12.8 Å². The summed E-state index contributed by atoms with van der Waals surface area (Å²) >= 11 is 0. The van der Waals surface area contributed by atoms with Crippen LogP contribution in [-0.2, 0) is 14.6 Å². The van der Waals surface area contributed by atoms with Gasteiger partial charge in [0.05, 0.1) is 17.6 Å². The van der Waals surface area contributed by atoms with Gasteiger partial charge in [-0.15, -0.1) is 0 Å². The van der Waals surface area contributed by atoms with Crippen LogP contribution in [0.2, 0.25) is 0 Å². The molecule has 0 aliphatic carbocycles. The van der Waals surface area contributed by atoms with Gasteiger partial charge in [0, 0.05) is 12.1 Å². The first-order chi connectivity index (χ1) is 9.75. The molecule has 2 fully saturated rings.